The smallest absolute Gasteiger partial charge is 0.325 e. The summed E-state index contributed by atoms with van der Waals surface area (Å²) in [7, 11) is -3.93. The second-order valence-corrected chi connectivity index (χ2v) is 12.2. The third-order valence-electron chi connectivity index (χ3n) is 6.91. The first-order chi connectivity index (χ1) is 17.5. The van der Waals surface area contributed by atoms with Gasteiger partial charge >= 0.3 is 5.97 Å². The Hall–Kier alpha value is -2.46. The van der Waals surface area contributed by atoms with Crippen LogP contribution < -0.4 is 4.74 Å². The van der Waals surface area contributed by atoms with Gasteiger partial charge in [0.05, 0.1) is 0 Å². The van der Waals surface area contributed by atoms with Gasteiger partial charge in [-0.2, -0.15) is 0 Å². The van der Waals surface area contributed by atoms with Gasteiger partial charge in [0.1, 0.15) is 12.4 Å². The first kappa shape index (κ1) is 29.1. The Bertz CT molecular complexity index is 1160. The van der Waals surface area contributed by atoms with Crippen molar-refractivity contribution in [2.45, 2.75) is 64.4 Å². The lowest BCUT2D eigenvalue weighted by molar-refractivity contribution is -0.152. The van der Waals surface area contributed by atoms with Crippen molar-refractivity contribution in [3.63, 3.8) is 0 Å². The lowest BCUT2D eigenvalue weighted by Gasteiger charge is -2.35. The molecule has 0 radical (unpaired) electrons. The molecule has 1 fully saturated rings. The van der Waals surface area contributed by atoms with Crippen molar-refractivity contribution in [1.29, 1.82) is 0 Å². The van der Waals surface area contributed by atoms with E-state index < -0.39 is 27.0 Å². The predicted molar refractivity (Wildman–Crippen MR) is 143 cm³/mol. The maximum absolute atomic E-state index is 12.8. The van der Waals surface area contributed by atoms with E-state index in [0.29, 0.717) is 45.8 Å². The molecule has 0 bridgehead atoms. The first-order valence-corrected chi connectivity index (χ1v) is 14.2. The highest BCUT2D eigenvalue weighted by Crippen LogP contribution is 2.35. The van der Waals surface area contributed by atoms with Crippen LogP contribution in [0.3, 0.4) is 0 Å². The summed E-state index contributed by atoms with van der Waals surface area (Å²) in [6.45, 7) is 10.4. The lowest BCUT2D eigenvalue weighted by atomic mass is 9.87. The number of hydrogen-bond donors (Lipinski definition) is 1. The minimum Gasteiger partial charge on any atom is -0.488 e. The van der Waals surface area contributed by atoms with Crippen LogP contribution in [0, 0.1) is 6.92 Å². The summed E-state index contributed by atoms with van der Waals surface area (Å²) in [4.78, 5) is 11.5. The van der Waals surface area contributed by atoms with Crippen LogP contribution in [0.4, 0.5) is 0 Å². The maximum atomic E-state index is 12.8. The van der Waals surface area contributed by atoms with Gasteiger partial charge in [-0.25, -0.2) is 12.7 Å². The minimum atomic E-state index is -3.93. The van der Waals surface area contributed by atoms with Gasteiger partial charge in [0.15, 0.2) is 11.0 Å². The van der Waals surface area contributed by atoms with Crippen molar-refractivity contribution in [2.75, 3.05) is 32.9 Å². The van der Waals surface area contributed by atoms with E-state index >= 15 is 0 Å². The number of ether oxygens (including phenoxy) is 3. The minimum absolute atomic E-state index is 0.218. The van der Waals surface area contributed by atoms with Crippen molar-refractivity contribution >= 4 is 16.0 Å². The molecule has 0 aliphatic carbocycles. The number of benzene rings is 2. The first-order valence-electron chi connectivity index (χ1n) is 12.8. The van der Waals surface area contributed by atoms with E-state index in [9.17, 15) is 18.3 Å². The fourth-order valence-corrected chi connectivity index (χ4v) is 6.12. The molecule has 0 atom stereocenters. The topological polar surface area (TPSA) is 102 Å². The Balaban J connectivity index is 1.68. The Labute approximate surface area is 220 Å². The van der Waals surface area contributed by atoms with Crippen LogP contribution in [0.25, 0.3) is 11.1 Å². The van der Waals surface area contributed by atoms with Crippen molar-refractivity contribution in [1.82, 2.24) is 4.31 Å². The molecule has 1 heterocycles. The molecule has 0 aromatic heterocycles. The average Bonchev–Trinajstić information content (AvgIpc) is 2.87. The summed E-state index contributed by atoms with van der Waals surface area (Å²) in [6, 6.07) is 14.3. The van der Waals surface area contributed by atoms with Crippen LogP contribution >= 0.6 is 0 Å². The number of piperidine rings is 1. The molecular weight excluding hydrogens is 494 g/mol. The predicted octanol–water partition coefficient (Wildman–Crippen LogP) is 4.81. The van der Waals surface area contributed by atoms with E-state index in [1.165, 1.54) is 23.7 Å². The molecule has 37 heavy (non-hydrogen) atoms. The van der Waals surface area contributed by atoms with Crippen LogP contribution in [-0.4, -0.2) is 67.7 Å². The molecule has 0 saturated carbocycles. The second kappa shape index (κ2) is 12.4. The Kier molecular flexibility index (Phi) is 9.74. The molecule has 0 amide bonds. The van der Waals surface area contributed by atoms with Crippen molar-refractivity contribution in [2.24, 2.45) is 0 Å². The summed E-state index contributed by atoms with van der Waals surface area (Å²) in [5.74, 6) is -0.377. The molecule has 9 heteroatoms. The third kappa shape index (κ3) is 6.71. The summed E-state index contributed by atoms with van der Waals surface area (Å²) in [5, 5.41) is 9.38. The van der Waals surface area contributed by atoms with Crippen molar-refractivity contribution in [3.05, 3.63) is 53.6 Å². The van der Waals surface area contributed by atoms with Crippen molar-refractivity contribution in [3.8, 4) is 16.9 Å². The SMILES string of the molecule is CCOC(COc1cccc(-c2ccc(C3CCN(S(=O)(=O)C(C)(C)C(=O)O)CC3)cc2C)c1)OCC. The van der Waals surface area contributed by atoms with Crippen molar-refractivity contribution < 1.29 is 32.5 Å². The molecule has 1 aliphatic heterocycles. The third-order valence-corrected chi connectivity index (χ3v) is 9.42. The van der Waals surface area contributed by atoms with Gasteiger partial charge in [-0.1, -0.05) is 30.3 Å². The molecule has 0 unspecified atom stereocenters. The van der Waals surface area contributed by atoms with Gasteiger partial charge in [0.2, 0.25) is 10.0 Å². The zero-order chi connectivity index (χ0) is 27.2. The van der Waals surface area contributed by atoms with Gasteiger partial charge in [-0.3, -0.25) is 4.79 Å². The van der Waals surface area contributed by atoms with Crippen LogP contribution in [0.2, 0.25) is 0 Å². The fourth-order valence-electron chi connectivity index (χ4n) is 4.56. The molecule has 1 N–H and O–H groups in total. The number of carboxylic acid groups (broad SMARTS) is 1. The van der Waals surface area contributed by atoms with Crippen LogP contribution in [-0.2, 0) is 24.3 Å². The highest BCUT2D eigenvalue weighted by Gasteiger charge is 2.46. The molecule has 1 saturated heterocycles. The molecule has 8 nitrogen and oxygen atoms in total. The molecular formula is C28H39NO7S. The largest absolute Gasteiger partial charge is 0.488 e. The number of hydrogen-bond acceptors (Lipinski definition) is 6. The molecule has 1 aliphatic rings. The second-order valence-electron chi connectivity index (χ2n) is 9.75. The molecule has 3 rings (SSSR count). The van der Waals surface area contributed by atoms with Gasteiger partial charge in [-0.05, 0) is 87.8 Å². The Morgan fingerprint density at radius 2 is 1.73 bits per heavy atom. The van der Waals surface area contributed by atoms with E-state index in [-0.39, 0.29) is 5.92 Å². The quantitative estimate of drug-likeness (QED) is 0.391. The molecule has 204 valence electrons. The van der Waals surface area contributed by atoms with E-state index in [2.05, 4.69) is 25.1 Å². The summed E-state index contributed by atoms with van der Waals surface area (Å²) < 4.78 is 42.2. The monoisotopic (exact) mass is 533 g/mol. The fraction of sp³-hybridized carbons (Fsp3) is 0.536. The summed E-state index contributed by atoms with van der Waals surface area (Å²) in [6.07, 6.45) is 0.895. The van der Waals surface area contributed by atoms with E-state index in [0.717, 1.165) is 22.4 Å². The maximum Gasteiger partial charge on any atom is 0.325 e. The van der Waals surface area contributed by atoms with E-state index in [1.54, 1.807) is 0 Å². The summed E-state index contributed by atoms with van der Waals surface area (Å²) in [5.41, 5.74) is 4.43. The zero-order valence-electron chi connectivity index (χ0n) is 22.4. The van der Waals surface area contributed by atoms with E-state index in [4.69, 9.17) is 14.2 Å². The molecule has 2 aromatic carbocycles. The highest BCUT2D eigenvalue weighted by atomic mass is 32.2. The average molecular weight is 534 g/mol. The molecule has 0 spiro atoms. The van der Waals surface area contributed by atoms with Gasteiger partial charge in [0.25, 0.3) is 0 Å². The number of sulfonamides is 1. The number of aliphatic carboxylic acids is 1. The number of carbonyl (C=O) groups is 1. The number of rotatable bonds is 12. The van der Waals surface area contributed by atoms with Gasteiger partial charge < -0.3 is 19.3 Å². The van der Waals surface area contributed by atoms with Crippen LogP contribution in [0.1, 0.15) is 57.6 Å². The Morgan fingerprint density at radius 3 is 2.30 bits per heavy atom. The normalized spacial score (nSPS) is 15.7. The standard InChI is InChI=1S/C28H39NO7S/c1-6-34-26(35-7-2)19-36-24-10-8-9-23(18-24)25-12-11-22(17-20(25)3)21-13-15-29(16-14-21)37(32,33)28(4,5)27(30)31/h8-12,17-18,21,26H,6-7,13-16,19H2,1-5H3,(H,30,31). The van der Waals surface area contributed by atoms with Crippen LogP contribution in [0.5, 0.6) is 5.75 Å². The summed E-state index contributed by atoms with van der Waals surface area (Å²) >= 11 is 0. The molecule has 2 aromatic rings. The van der Waals surface area contributed by atoms with Gasteiger partial charge in [0, 0.05) is 26.3 Å². The lowest BCUT2D eigenvalue weighted by Crippen LogP contribution is -2.51. The number of nitrogens with zero attached hydrogens (tertiary/aromatic N) is 1. The highest BCUT2D eigenvalue weighted by molar-refractivity contribution is 7.91. The van der Waals surface area contributed by atoms with Gasteiger partial charge in [-0.15, -0.1) is 0 Å². The number of carboxylic acids is 1. The van der Waals surface area contributed by atoms with Crippen LogP contribution in [0.15, 0.2) is 42.5 Å². The number of aryl methyl sites for hydroxylation is 1. The zero-order valence-corrected chi connectivity index (χ0v) is 23.2. The van der Waals surface area contributed by atoms with E-state index in [1.807, 2.05) is 38.1 Å². The Morgan fingerprint density at radius 1 is 1.08 bits per heavy atom.